The standard InChI is InChI=1S/C21H18N4OS/c1-2-27-18-9-4-3-7-16(18)21(26)23-17-8-5-6-15-10-11-19(24-20(15)17)25-13-12-22-14-25/h3-14H,2H2,1H3,(H,23,26). The van der Waals surface area contributed by atoms with Crippen molar-refractivity contribution in [3.63, 3.8) is 0 Å². The first-order valence-electron chi connectivity index (χ1n) is 8.67. The minimum atomic E-state index is -0.131. The molecule has 6 heteroatoms. The highest BCUT2D eigenvalue weighted by Gasteiger charge is 2.13. The summed E-state index contributed by atoms with van der Waals surface area (Å²) in [5.41, 5.74) is 2.11. The van der Waals surface area contributed by atoms with Gasteiger partial charge in [-0.2, -0.15) is 0 Å². The number of imidazole rings is 1. The zero-order chi connectivity index (χ0) is 18.6. The Morgan fingerprint density at radius 3 is 2.81 bits per heavy atom. The van der Waals surface area contributed by atoms with E-state index in [1.165, 1.54) is 0 Å². The molecule has 0 aliphatic heterocycles. The van der Waals surface area contributed by atoms with Crippen LogP contribution in [0.3, 0.4) is 0 Å². The summed E-state index contributed by atoms with van der Waals surface area (Å²) in [6.45, 7) is 2.08. The van der Waals surface area contributed by atoms with Gasteiger partial charge in [-0.1, -0.05) is 31.2 Å². The number of nitrogens with zero attached hydrogens (tertiary/aromatic N) is 3. The van der Waals surface area contributed by atoms with E-state index in [2.05, 4.69) is 17.2 Å². The lowest BCUT2D eigenvalue weighted by molar-refractivity contribution is 0.102. The van der Waals surface area contributed by atoms with Crippen molar-refractivity contribution < 1.29 is 4.79 Å². The number of carbonyl (C=O) groups is 1. The van der Waals surface area contributed by atoms with Gasteiger partial charge in [0.05, 0.1) is 16.8 Å². The number of benzene rings is 2. The molecular formula is C21H18N4OS. The number of para-hydroxylation sites is 1. The molecule has 0 spiro atoms. The van der Waals surface area contributed by atoms with Gasteiger partial charge in [-0.05, 0) is 36.1 Å². The SMILES string of the molecule is CCSc1ccccc1C(=O)Nc1cccc2ccc(-n3ccnc3)nc12. The molecule has 2 heterocycles. The molecule has 1 N–H and O–H groups in total. The summed E-state index contributed by atoms with van der Waals surface area (Å²) in [5, 5.41) is 4.00. The third-order valence-electron chi connectivity index (χ3n) is 4.15. The van der Waals surface area contributed by atoms with Crippen molar-refractivity contribution in [1.29, 1.82) is 0 Å². The van der Waals surface area contributed by atoms with E-state index < -0.39 is 0 Å². The minimum absolute atomic E-state index is 0.131. The number of carbonyl (C=O) groups excluding carboxylic acids is 1. The molecular weight excluding hydrogens is 356 g/mol. The van der Waals surface area contributed by atoms with Gasteiger partial charge in [0, 0.05) is 22.7 Å². The fourth-order valence-electron chi connectivity index (χ4n) is 2.90. The first-order valence-corrected chi connectivity index (χ1v) is 9.66. The number of anilines is 1. The topological polar surface area (TPSA) is 59.8 Å². The van der Waals surface area contributed by atoms with Gasteiger partial charge in [0.25, 0.3) is 5.91 Å². The lowest BCUT2D eigenvalue weighted by Gasteiger charge is -2.12. The second-order valence-corrected chi connectivity index (χ2v) is 7.21. The number of aromatic nitrogens is 3. The molecule has 5 nitrogen and oxygen atoms in total. The largest absolute Gasteiger partial charge is 0.320 e. The normalized spacial score (nSPS) is 10.9. The van der Waals surface area contributed by atoms with Gasteiger partial charge < -0.3 is 5.32 Å². The molecule has 0 saturated carbocycles. The molecule has 0 aliphatic rings. The van der Waals surface area contributed by atoms with E-state index in [4.69, 9.17) is 4.98 Å². The Hall–Kier alpha value is -3.12. The number of thioether (sulfide) groups is 1. The summed E-state index contributed by atoms with van der Waals surface area (Å²) in [6.07, 6.45) is 5.25. The van der Waals surface area contributed by atoms with Crippen LogP contribution in [0.2, 0.25) is 0 Å². The zero-order valence-electron chi connectivity index (χ0n) is 14.8. The smallest absolute Gasteiger partial charge is 0.256 e. The predicted octanol–water partition coefficient (Wildman–Crippen LogP) is 4.78. The van der Waals surface area contributed by atoms with Crippen LogP contribution in [0.1, 0.15) is 17.3 Å². The fourth-order valence-corrected chi connectivity index (χ4v) is 3.70. The Kier molecular flexibility index (Phi) is 4.89. The molecule has 0 saturated heterocycles. The molecule has 4 rings (SSSR count). The van der Waals surface area contributed by atoms with Crippen molar-refractivity contribution in [1.82, 2.24) is 14.5 Å². The second-order valence-electron chi connectivity index (χ2n) is 5.90. The van der Waals surface area contributed by atoms with Gasteiger partial charge in [-0.3, -0.25) is 9.36 Å². The zero-order valence-corrected chi connectivity index (χ0v) is 15.6. The van der Waals surface area contributed by atoms with Gasteiger partial charge >= 0.3 is 0 Å². The van der Waals surface area contributed by atoms with Crippen LogP contribution in [0.25, 0.3) is 16.7 Å². The molecule has 4 aromatic rings. The van der Waals surface area contributed by atoms with Crippen LogP contribution in [0.4, 0.5) is 5.69 Å². The summed E-state index contributed by atoms with van der Waals surface area (Å²) in [7, 11) is 0. The van der Waals surface area contributed by atoms with Crippen molar-refractivity contribution in [3.05, 3.63) is 78.9 Å². The minimum Gasteiger partial charge on any atom is -0.320 e. The van der Waals surface area contributed by atoms with Crippen molar-refractivity contribution in [2.75, 3.05) is 11.1 Å². The number of fused-ring (bicyclic) bond motifs is 1. The lowest BCUT2D eigenvalue weighted by atomic mass is 10.1. The second kappa shape index (κ2) is 7.63. The molecule has 1 amide bonds. The number of pyridine rings is 1. The van der Waals surface area contributed by atoms with Crippen molar-refractivity contribution >= 4 is 34.3 Å². The summed E-state index contributed by atoms with van der Waals surface area (Å²) < 4.78 is 1.84. The van der Waals surface area contributed by atoms with E-state index in [-0.39, 0.29) is 5.91 Å². The van der Waals surface area contributed by atoms with Crippen molar-refractivity contribution in [2.24, 2.45) is 0 Å². The molecule has 2 aromatic heterocycles. The molecule has 0 unspecified atom stereocenters. The number of hydrogen-bond donors (Lipinski definition) is 1. The van der Waals surface area contributed by atoms with Crippen molar-refractivity contribution in [2.45, 2.75) is 11.8 Å². The number of hydrogen-bond acceptors (Lipinski definition) is 4. The maximum atomic E-state index is 12.9. The average Bonchev–Trinajstić information content (AvgIpc) is 3.23. The predicted molar refractivity (Wildman–Crippen MR) is 110 cm³/mol. The molecule has 0 atom stereocenters. The number of rotatable bonds is 5. The van der Waals surface area contributed by atoms with Crippen LogP contribution < -0.4 is 5.32 Å². The van der Waals surface area contributed by atoms with Crippen LogP contribution in [-0.4, -0.2) is 26.2 Å². The van der Waals surface area contributed by atoms with Crippen LogP contribution in [0.5, 0.6) is 0 Å². The van der Waals surface area contributed by atoms with E-state index in [1.807, 2.05) is 65.4 Å². The average molecular weight is 374 g/mol. The highest BCUT2D eigenvalue weighted by molar-refractivity contribution is 7.99. The van der Waals surface area contributed by atoms with Gasteiger partial charge in [0.2, 0.25) is 0 Å². The third-order valence-corrected chi connectivity index (χ3v) is 5.11. The Labute approximate surface area is 161 Å². The maximum absolute atomic E-state index is 12.9. The maximum Gasteiger partial charge on any atom is 0.256 e. The van der Waals surface area contributed by atoms with Gasteiger partial charge in [-0.25, -0.2) is 9.97 Å². The van der Waals surface area contributed by atoms with Crippen molar-refractivity contribution in [3.8, 4) is 5.82 Å². The quantitative estimate of drug-likeness (QED) is 0.511. The monoisotopic (exact) mass is 374 g/mol. The van der Waals surface area contributed by atoms with Crippen LogP contribution in [-0.2, 0) is 0 Å². The van der Waals surface area contributed by atoms with Crippen LogP contribution >= 0.6 is 11.8 Å². The number of nitrogens with one attached hydrogen (secondary N) is 1. The molecule has 0 bridgehead atoms. The van der Waals surface area contributed by atoms with Gasteiger partial charge in [0.15, 0.2) is 0 Å². The molecule has 2 aromatic carbocycles. The molecule has 27 heavy (non-hydrogen) atoms. The molecule has 0 radical (unpaired) electrons. The van der Waals surface area contributed by atoms with E-state index in [0.29, 0.717) is 11.3 Å². The van der Waals surface area contributed by atoms with E-state index in [0.717, 1.165) is 27.4 Å². The highest BCUT2D eigenvalue weighted by Crippen LogP contribution is 2.26. The molecule has 0 aliphatic carbocycles. The Morgan fingerprint density at radius 2 is 2.00 bits per heavy atom. The van der Waals surface area contributed by atoms with Gasteiger partial charge in [0.1, 0.15) is 12.1 Å². The molecule has 0 fully saturated rings. The highest BCUT2D eigenvalue weighted by atomic mass is 32.2. The summed E-state index contributed by atoms with van der Waals surface area (Å²) in [5.74, 6) is 1.53. The van der Waals surface area contributed by atoms with Crippen LogP contribution in [0.15, 0.2) is 78.2 Å². The van der Waals surface area contributed by atoms with E-state index >= 15 is 0 Å². The molecule has 134 valence electrons. The van der Waals surface area contributed by atoms with E-state index in [9.17, 15) is 4.79 Å². The summed E-state index contributed by atoms with van der Waals surface area (Å²) in [4.78, 5) is 22.7. The lowest BCUT2D eigenvalue weighted by Crippen LogP contribution is -2.13. The first kappa shape index (κ1) is 17.3. The first-order chi connectivity index (χ1) is 13.3. The van der Waals surface area contributed by atoms with Crippen LogP contribution in [0, 0.1) is 0 Å². The van der Waals surface area contributed by atoms with Gasteiger partial charge in [-0.15, -0.1) is 11.8 Å². The number of amides is 1. The summed E-state index contributed by atoms with van der Waals surface area (Å²) >= 11 is 1.66. The van der Waals surface area contributed by atoms with E-state index in [1.54, 1.807) is 24.3 Å². The fraction of sp³-hybridized carbons (Fsp3) is 0.0952. The Bertz CT molecular complexity index is 1090. The third kappa shape index (κ3) is 3.57. The Morgan fingerprint density at radius 1 is 1.11 bits per heavy atom. The summed E-state index contributed by atoms with van der Waals surface area (Å²) in [6, 6.07) is 17.4. The Balaban J connectivity index is 1.71.